The number of methoxy groups -OCH3 is 1. The third-order valence-electron chi connectivity index (χ3n) is 5.45. The van der Waals surface area contributed by atoms with Gasteiger partial charge in [-0.25, -0.2) is 4.79 Å². The summed E-state index contributed by atoms with van der Waals surface area (Å²) in [5.74, 6) is -0.142. The molecule has 3 aromatic rings. The quantitative estimate of drug-likeness (QED) is 0.116. The Labute approximate surface area is 237 Å². The molecule has 0 saturated carbocycles. The summed E-state index contributed by atoms with van der Waals surface area (Å²) in [6.45, 7) is 6.21. The second-order valence-corrected chi connectivity index (χ2v) is 8.99. The van der Waals surface area contributed by atoms with E-state index in [1.54, 1.807) is 48.5 Å². The normalized spacial score (nSPS) is 10.8. The van der Waals surface area contributed by atoms with E-state index in [-0.39, 0.29) is 12.2 Å². The van der Waals surface area contributed by atoms with Crippen molar-refractivity contribution in [3.63, 3.8) is 0 Å². The first kappa shape index (κ1) is 29.3. The molecule has 0 heterocycles. The first-order valence-corrected chi connectivity index (χ1v) is 12.6. The molecule has 1 amide bonds. The van der Waals surface area contributed by atoms with Gasteiger partial charge in [0.05, 0.1) is 19.3 Å². The summed E-state index contributed by atoms with van der Waals surface area (Å²) in [5.41, 5.74) is 2.70. The molecule has 200 valence electrons. The highest BCUT2D eigenvalue weighted by molar-refractivity contribution is 6.35. The molecule has 0 atom stereocenters. The number of hydrogen-bond acceptors (Lipinski definition) is 6. The molecule has 1 N–H and O–H groups in total. The zero-order valence-electron chi connectivity index (χ0n) is 21.4. The maximum absolute atomic E-state index is 12.8. The lowest BCUT2D eigenvalue weighted by Crippen LogP contribution is -2.13. The Morgan fingerprint density at radius 2 is 1.79 bits per heavy atom. The van der Waals surface area contributed by atoms with E-state index in [1.807, 2.05) is 13.0 Å². The molecule has 0 spiro atoms. The monoisotopic (exact) mass is 564 g/mol. The maximum atomic E-state index is 12.8. The predicted octanol–water partition coefficient (Wildman–Crippen LogP) is 7.03. The van der Waals surface area contributed by atoms with Crippen LogP contribution in [0.3, 0.4) is 0 Å². The summed E-state index contributed by atoms with van der Waals surface area (Å²) in [6.07, 6.45) is 3.63. The van der Waals surface area contributed by atoms with Gasteiger partial charge in [0, 0.05) is 26.9 Å². The molecule has 0 aromatic heterocycles. The molecule has 7 nitrogen and oxygen atoms in total. The van der Waals surface area contributed by atoms with Gasteiger partial charge in [-0.1, -0.05) is 35.3 Å². The highest BCUT2D eigenvalue weighted by atomic mass is 35.5. The first-order valence-electron chi connectivity index (χ1n) is 11.9. The Kier molecular flexibility index (Phi) is 10.6. The Morgan fingerprint density at radius 1 is 1.05 bits per heavy atom. The van der Waals surface area contributed by atoms with Crippen molar-refractivity contribution < 1.29 is 23.8 Å². The zero-order chi connectivity index (χ0) is 28.4. The highest BCUT2D eigenvalue weighted by Crippen LogP contribution is 2.36. The topological polar surface area (TPSA) is 97.7 Å². The van der Waals surface area contributed by atoms with Crippen LogP contribution in [0.1, 0.15) is 34.0 Å². The van der Waals surface area contributed by atoms with Crippen molar-refractivity contribution in [1.29, 1.82) is 5.26 Å². The Morgan fingerprint density at radius 3 is 2.41 bits per heavy atom. The molecule has 0 aliphatic carbocycles. The molecule has 39 heavy (non-hydrogen) atoms. The number of halogens is 2. The minimum absolute atomic E-state index is 0.124. The van der Waals surface area contributed by atoms with E-state index in [2.05, 4.69) is 16.6 Å². The molecule has 0 unspecified atom stereocenters. The summed E-state index contributed by atoms with van der Waals surface area (Å²) in [7, 11) is 1.29. The van der Waals surface area contributed by atoms with Crippen molar-refractivity contribution in [1.82, 2.24) is 0 Å². The van der Waals surface area contributed by atoms with Gasteiger partial charge in [0.1, 0.15) is 18.2 Å². The van der Waals surface area contributed by atoms with Crippen LogP contribution < -0.4 is 14.8 Å². The Bertz CT molecular complexity index is 1440. The number of hydrogen-bond donors (Lipinski definition) is 1. The third kappa shape index (κ3) is 7.87. The van der Waals surface area contributed by atoms with Gasteiger partial charge in [-0.15, -0.1) is 6.58 Å². The van der Waals surface area contributed by atoms with Gasteiger partial charge in [-0.3, -0.25) is 4.79 Å². The van der Waals surface area contributed by atoms with Crippen LogP contribution >= 0.6 is 23.2 Å². The van der Waals surface area contributed by atoms with Crippen LogP contribution in [0.5, 0.6) is 11.5 Å². The van der Waals surface area contributed by atoms with E-state index >= 15 is 0 Å². The molecule has 0 bridgehead atoms. The number of amides is 1. The van der Waals surface area contributed by atoms with Crippen LogP contribution in [0.4, 0.5) is 5.69 Å². The van der Waals surface area contributed by atoms with Crippen LogP contribution in [0.15, 0.2) is 72.8 Å². The average Bonchev–Trinajstić information content (AvgIpc) is 2.92. The van der Waals surface area contributed by atoms with Gasteiger partial charge >= 0.3 is 5.97 Å². The Hall–Kier alpha value is -4.25. The summed E-state index contributed by atoms with van der Waals surface area (Å²) < 4.78 is 16.7. The van der Waals surface area contributed by atoms with Gasteiger partial charge in [0.15, 0.2) is 11.5 Å². The molecular weight excluding hydrogens is 539 g/mol. The lowest BCUT2D eigenvalue weighted by molar-refractivity contribution is -0.112. The van der Waals surface area contributed by atoms with E-state index in [4.69, 9.17) is 32.7 Å². The molecule has 3 aromatic carbocycles. The second-order valence-electron chi connectivity index (χ2n) is 8.15. The van der Waals surface area contributed by atoms with Crippen LogP contribution in [0.25, 0.3) is 6.08 Å². The van der Waals surface area contributed by atoms with Gasteiger partial charge < -0.3 is 19.5 Å². The standard InChI is InChI=1S/C30H26Cl2N2O5/c1-4-6-21-13-19(14-23(17-33)29(35)34-25-11-8-20(9-12-25)30(36)37-3)15-27(38-5-2)28(21)39-18-22-7-10-24(31)16-26(22)32/h4,7-16H,1,5-6,18H2,2-3H3,(H,34,35)/b23-14+. The van der Waals surface area contributed by atoms with E-state index in [0.717, 1.165) is 11.1 Å². The molecule has 0 aliphatic rings. The smallest absolute Gasteiger partial charge is 0.337 e. The fourth-order valence-corrected chi connectivity index (χ4v) is 4.07. The van der Waals surface area contributed by atoms with Crippen molar-refractivity contribution in [3.05, 3.63) is 105 Å². The summed E-state index contributed by atoms with van der Waals surface area (Å²) >= 11 is 12.3. The lowest BCUT2D eigenvalue weighted by atomic mass is 10.0. The number of nitriles is 1. The molecule has 3 rings (SSSR count). The molecule has 0 radical (unpaired) electrons. The third-order valence-corrected chi connectivity index (χ3v) is 6.03. The first-order chi connectivity index (χ1) is 18.8. The predicted molar refractivity (Wildman–Crippen MR) is 152 cm³/mol. The van der Waals surface area contributed by atoms with Crippen molar-refractivity contribution in [2.24, 2.45) is 0 Å². The lowest BCUT2D eigenvalue weighted by Gasteiger charge is -2.17. The highest BCUT2D eigenvalue weighted by Gasteiger charge is 2.16. The van der Waals surface area contributed by atoms with Gasteiger partial charge in [0.25, 0.3) is 5.91 Å². The van der Waals surface area contributed by atoms with Crippen molar-refractivity contribution in [3.8, 4) is 17.6 Å². The number of ether oxygens (including phenoxy) is 3. The summed E-state index contributed by atoms with van der Waals surface area (Å²) in [5, 5.41) is 13.4. The summed E-state index contributed by atoms with van der Waals surface area (Å²) in [6, 6.07) is 16.7. The SMILES string of the molecule is C=CCc1cc(/C=C(\C#N)C(=O)Nc2ccc(C(=O)OC)cc2)cc(OCC)c1OCc1ccc(Cl)cc1Cl. The number of allylic oxidation sites excluding steroid dienone is 1. The number of nitrogens with one attached hydrogen (secondary N) is 1. The zero-order valence-corrected chi connectivity index (χ0v) is 22.9. The number of rotatable bonds is 11. The van der Waals surface area contributed by atoms with Gasteiger partial charge in [-0.05, 0) is 73.5 Å². The van der Waals surface area contributed by atoms with Crippen LogP contribution in [-0.2, 0) is 22.6 Å². The van der Waals surface area contributed by atoms with E-state index in [0.29, 0.717) is 51.4 Å². The van der Waals surface area contributed by atoms with E-state index in [1.165, 1.54) is 25.3 Å². The van der Waals surface area contributed by atoms with Crippen LogP contribution in [-0.4, -0.2) is 25.6 Å². The van der Waals surface area contributed by atoms with Gasteiger partial charge in [-0.2, -0.15) is 5.26 Å². The Balaban J connectivity index is 1.90. The second kappa shape index (κ2) is 14.1. The van der Waals surface area contributed by atoms with Crippen molar-refractivity contribution in [2.75, 3.05) is 19.0 Å². The minimum Gasteiger partial charge on any atom is -0.490 e. The average molecular weight is 565 g/mol. The van der Waals surface area contributed by atoms with Gasteiger partial charge in [0.2, 0.25) is 0 Å². The maximum Gasteiger partial charge on any atom is 0.337 e. The van der Waals surface area contributed by atoms with Crippen molar-refractivity contribution >= 4 is 46.8 Å². The number of anilines is 1. The number of nitrogens with zero attached hydrogens (tertiary/aromatic N) is 1. The fourth-order valence-electron chi connectivity index (χ4n) is 3.61. The van der Waals surface area contributed by atoms with Crippen LogP contribution in [0.2, 0.25) is 10.0 Å². The van der Waals surface area contributed by atoms with Crippen LogP contribution in [0, 0.1) is 11.3 Å². The largest absolute Gasteiger partial charge is 0.490 e. The van der Waals surface area contributed by atoms with E-state index in [9.17, 15) is 14.9 Å². The molecule has 0 aliphatic heterocycles. The number of esters is 1. The number of carbonyl (C=O) groups excluding carboxylic acids is 2. The molecule has 0 saturated heterocycles. The van der Waals surface area contributed by atoms with Crippen molar-refractivity contribution in [2.45, 2.75) is 20.0 Å². The summed E-state index contributed by atoms with van der Waals surface area (Å²) in [4.78, 5) is 24.5. The number of benzene rings is 3. The molecular formula is C30H26Cl2N2O5. The number of carbonyl (C=O) groups is 2. The molecule has 0 fully saturated rings. The fraction of sp³-hybridized carbons (Fsp3) is 0.167. The minimum atomic E-state index is -0.607. The van der Waals surface area contributed by atoms with E-state index < -0.39 is 11.9 Å². The molecule has 9 heteroatoms.